The van der Waals surface area contributed by atoms with Gasteiger partial charge in [-0.3, -0.25) is 4.79 Å². The number of amides is 1. The number of hydrogen-bond donors (Lipinski definition) is 0. The molecular formula is C23H28N2O4. The lowest BCUT2D eigenvalue weighted by Crippen LogP contribution is -2.36. The summed E-state index contributed by atoms with van der Waals surface area (Å²) in [6, 6.07) is 14.2. The first-order valence-electron chi connectivity index (χ1n) is 10.2. The summed E-state index contributed by atoms with van der Waals surface area (Å²) in [5.41, 5.74) is 3.35. The summed E-state index contributed by atoms with van der Waals surface area (Å²) in [7, 11) is 1.66. The molecular weight excluding hydrogens is 368 g/mol. The summed E-state index contributed by atoms with van der Waals surface area (Å²) in [5.74, 6) is 1.86. The molecule has 4 rings (SSSR count). The van der Waals surface area contributed by atoms with E-state index < -0.39 is 0 Å². The summed E-state index contributed by atoms with van der Waals surface area (Å²) in [6.45, 7) is 5.01. The second kappa shape index (κ2) is 9.18. The summed E-state index contributed by atoms with van der Waals surface area (Å²) in [5, 5.41) is 0. The minimum atomic E-state index is 0.154. The Morgan fingerprint density at radius 1 is 1.07 bits per heavy atom. The van der Waals surface area contributed by atoms with Crippen LogP contribution in [0.5, 0.6) is 11.5 Å². The number of nitrogens with zero attached hydrogens (tertiary/aromatic N) is 2. The Morgan fingerprint density at radius 2 is 1.93 bits per heavy atom. The van der Waals surface area contributed by atoms with Gasteiger partial charge in [-0.1, -0.05) is 12.1 Å². The van der Waals surface area contributed by atoms with Gasteiger partial charge in [0.1, 0.15) is 18.1 Å². The van der Waals surface area contributed by atoms with Gasteiger partial charge in [-0.05, 0) is 42.3 Å². The normalized spacial score (nSPS) is 16.6. The van der Waals surface area contributed by atoms with Crippen molar-refractivity contribution >= 4 is 11.6 Å². The lowest BCUT2D eigenvalue weighted by Gasteiger charge is -2.29. The number of carbonyl (C=O) groups excluding carboxylic acids is 1. The van der Waals surface area contributed by atoms with E-state index >= 15 is 0 Å². The van der Waals surface area contributed by atoms with Crippen LogP contribution in [0.15, 0.2) is 42.5 Å². The summed E-state index contributed by atoms with van der Waals surface area (Å²) in [6.07, 6.45) is 1.18. The summed E-state index contributed by atoms with van der Waals surface area (Å²) >= 11 is 0. The van der Waals surface area contributed by atoms with E-state index in [0.29, 0.717) is 32.5 Å². The van der Waals surface area contributed by atoms with Crippen LogP contribution in [0.25, 0.3) is 0 Å². The minimum absolute atomic E-state index is 0.154. The lowest BCUT2D eigenvalue weighted by atomic mass is 10.1. The largest absolute Gasteiger partial charge is 0.497 e. The van der Waals surface area contributed by atoms with Gasteiger partial charge in [0.15, 0.2) is 0 Å². The number of rotatable bonds is 5. The molecule has 0 bridgehead atoms. The third kappa shape index (κ3) is 4.82. The van der Waals surface area contributed by atoms with Crippen LogP contribution in [0.3, 0.4) is 0 Å². The number of anilines is 1. The van der Waals surface area contributed by atoms with Crippen molar-refractivity contribution in [1.82, 2.24) is 4.90 Å². The number of benzene rings is 2. The van der Waals surface area contributed by atoms with E-state index in [9.17, 15) is 4.79 Å². The highest BCUT2D eigenvalue weighted by molar-refractivity contribution is 5.76. The first-order valence-corrected chi connectivity index (χ1v) is 10.2. The molecule has 0 aliphatic carbocycles. The molecule has 0 saturated carbocycles. The quantitative estimate of drug-likeness (QED) is 0.778. The SMILES string of the molecule is COc1cccc(CCC(=O)N2CCOc3ccc(N4CCOCC4)cc3C2)c1. The highest BCUT2D eigenvalue weighted by Crippen LogP contribution is 2.29. The van der Waals surface area contributed by atoms with Gasteiger partial charge < -0.3 is 24.0 Å². The minimum Gasteiger partial charge on any atom is -0.497 e. The van der Waals surface area contributed by atoms with E-state index in [2.05, 4.69) is 17.0 Å². The molecule has 2 aliphatic rings. The maximum atomic E-state index is 12.9. The molecule has 6 nitrogen and oxygen atoms in total. The molecule has 0 aromatic heterocycles. The summed E-state index contributed by atoms with van der Waals surface area (Å²) in [4.78, 5) is 17.1. The van der Waals surface area contributed by atoms with E-state index in [1.807, 2.05) is 35.2 Å². The highest BCUT2D eigenvalue weighted by Gasteiger charge is 2.21. The second-order valence-electron chi connectivity index (χ2n) is 7.41. The lowest BCUT2D eigenvalue weighted by molar-refractivity contribution is -0.131. The number of carbonyl (C=O) groups is 1. The molecule has 6 heteroatoms. The Balaban J connectivity index is 1.42. The van der Waals surface area contributed by atoms with Crippen molar-refractivity contribution in [2.24, 2.45) is 0 Å². The van der Waals surface area contributed by atoms with E-state index in [0.717, 1.165) is 48.9 Å². The van der Waals surface area contributed by atoms with E-state index in [4.69, 9.17) is 14.2 Å². The second-order valence-corrected chi connectivity index (χ2v) is 7.41. The van der Waals surface area contributed by atoms with E-state index in [-0.39, 0.29) is 5.91 Å². The first-order chi connectivity index (χ1) is 14.2. The first kappa shape index (κ1) is 19.6. The van der Waals surface area contributed by atoms with Gasteiger partial charge in [0.2, 0.25) is 5.91 Å². The van der Waals surface area contributed by atoms with E-state index in [1.165, 1.54) is 5.69 Å². The van der Waals surface area contributed by atoms with Crippen molar-refractivity contribution in [3.05, 3.63) is 53.6 Å². The number of fused-ring (bicyclic) bond motifs is 1. The predicted molar refractivity (Wildman–Crippen MR) is 112 cm³/mol. The summed E-state index contributed by atoms with van der Waals surface area (Å²) < 4.78 is 16.6. The number of hydrogen-bond acceptors (Lipinski definition) is 5. The highest BCUT2D eigenvalue weighted by atomic mass is 16.5. The maximum absolute atomic E-state index is 12.9. The van der Waals surface area contributed by atoms with Crippen LogP contribution in [0.2, 0.25) is 0 Å². The van der Waals surface area contributed by atoms with Gasteiger partial charge in [-0.25, -0.2) is 0 Å². The average molecular weight is 396 g/mol. The Labute approximate surface area is 172 Å². The van der Waals surface area contributed by atoms with Crippen molar-refractivity contribution in [1.29, 1.82) is 0 Å². The van der Waals surface area contributed by atoms with Crippen LogP contribution >= 0.6 is 0 Å². The fourth-order valence-electron chi connectivity index (χ4n) is 3.85. The third-order valence-electron chi connectivity index (χ3n) is 5.51. The number of aryl methyl sites for hydroxylation is 1. The van der Waals surface area contributed by atoms with Gasteiger partial charge in [0.25, 0.3) is 0 Å². The molecule has 1 amide bonds. The zero-order chi connectivity index (χ0) is 20.1. The van der Waals surface area contributed by atoms with Crippen LogP contribution in [0.4, 0.5) is 5.69 Å². The smallest absolute Gasteiger partial charge is 0.223 e. The number of morpholine rings is 1. The van der Waals surface area contributed by atoms with Crippen molar-refractivity contribution in [3.63, 3.8) is 0 Å². The van der Waals surface area contributed by atoms with Gasteiger partial charge in [-0.2, -0.15) is 0 Å². The molecule has 1 saturated heterocycles. The molecule has 2 aliphatic heterocycles. The molecule has 0 atom stereocenters. The Kier molecular flexibility index (Phi) is 6.20. The number of methoxy groups -OCH3 is 1. The van der Waals surface area contributed by atoms with Crippen LogP contribution < -0.4 is 14.4 Å². The van der Waals surface area contributed by atoms with Crippen LogP contribution in [-0.2, 0) is 22.5 Å². The molecule has 0 spiro atoms. The fraction of sp³-hybridized carbons (Fsp3) is 0.435. The topological polar surface area (TPSA) is 51.2 Å². The van der Waals surface area contributed by atoms with Gasteiger partial charge in [0.05, 0.1) is 26.9 Å². The van der Waals surface area contributed by atoms with Crippen molar-refractivity contribution in [2.45, 2.75) is 19.4 Å². The molecule has 2 aromatic carbocycles. The monoisotopic (exact) mass is 396 g/mol. The van der Waals surface area contributed by atoms with E-state index in [1.54, 1.807) is 7.11 Å². The Bertz CT molecular complexity index is 849. The molecule has 2 aromatic rings. The van der Waals surface area contributed by atoms with Gasteiger partial charge in [0, 0.05) is 37.3 Å². The molecule has 29 heavy (non-hydrogen) atoms. The predicted octanol–water partition coefficient (Wildman–Crippen LogP) is 2.89. The molecule has 0 N–H and O–H groups in total. The molecule has 2 heterocycles. The zero-order valence-corrected chi connectivity index (χ0v) is 16.9. The Hall–Kier alpha value is -2.73. The third-order valence-corrected chi connectivity index (χ3v) is 5.51. The Morgan fingerprint density at radius 3 is 2.76 bits per heavy atom. The molecule has 0 unspecified atom stereocenters. The van der Waals surface area contributed by atoms with Crippen LogP contribution in [0, 0.1) is 0 Å². The van der Waals surface area contributed by atoms with Crippen LogP contribution in [0.1, 0.15) is 17.5 Å². The molecule has 154 valence electrons. The van der Waals surface area contributed by atoms with Crippen molar-refractivity contribution in [2.75, 3.05) is 51.5 Å². The standard InChI is InChI=1S/C23H28N2O4/c1-27-21-4-2-3-18(15-21)5-8-23(26)25-11-14-29-22-7-6-20(16-19(22)17-25)24-9-12-28-13-10-24/h2-4,6-7,15-16H,5,8-14,17H2,1H3. The van der Waals surface area contributed by atoms with Crippen molar-refractivity contribution in [3.8, 4) is 11.5 Å². The average Bonchev–Trinajstić information content (AvgIpc) is 3.00. The van der Waals surface area contributed by atoms with Gasteiger partial charge in [-0.15, -0.1) is 0 Å². The zero-order valence-electron chi connectivity index (χ0n) is 16.9. The van der Waals surface area contributed by atoms with Crippen LogP contribution in [-0.4, -0.2) is 57.4 Å². The fourth-order valence-corrected chi connectivity index (χ4v) is 3.85. The number of ether oxygens (including phenoxy) is 3. The van der Waals surface area contributed by atoms with Crippen molar-refractivity contribution < 1.29 is 19.0 Å². The van der Waals surface area contributed by atoms with Gasteiger partial charge >= 0.3 is 0 Å². The molecule has 1 fully saturated rings. The maximum Gasteiger partial charge on any atom is 0.223 e. The molecule has 0 radical (unpaired) electrons.